The Balaban J connectivity index is 2.57. The van der Waals surface area contributed by atoms with Gasteiger partial charge in [-0.3, -0.25) is 4.79 Å². The van der Waals surface area contributed by atoms with Crippen molar-refractivity contribution < 1.29 is 13.6 Å². The predicted molar refractivity (Wildman–Crippen MR) is 54.6 cm³/mol. The highest BCUT2D eigenvalue weighted by Gasteiger charge is 2.11. The van der Waals surface area contributed by atoms with Gasteiger partial charge in [0.1, 0.15) is 0 Å². The van der Waals surface area contributed by atoms with Crippen LogP contribution in [0.4, 0.5) is 8.78 Å². The van der Waals surface area contributed by atoms with E-state index in [4.69, 9.17) is 0 Å². The number of alkyl halides is 2. The average molecular weight is 227 g/mol. The van der Waals surface area contributed by atoms with Gasteiger partial charge in [0.05, 0.1) is 10.2 Å². The number of carbonyl (C=O) groups excluding carboxylic acids is 1. The molecule has 0 atom stereocenters. The third kappa shape index (κ3) is 1.87. The van der Waals surface area contributed by atoms with Crippen molar-refractivity contribution in [3.05, 3.63) is 28.8 Å². The van der Waals surface area contributed by atoms with Crippen molar-refractivity contribution in [1.82, 2.24) is 4.98 Å². The zero-order valence-electron chi connectivity index (χ0n) is 7.83. The predicted octanol–water partition coefficient (Wildman–Crippen LogP) is 3.44. The van der Waals surface area contributed by atoms with Crippen molar-refractivity contribution in [1.29, 1.82) is 0 Å². The molecule has 0 radical (unpaired) electrons. The molecule has 2 nitrogen and oxygen atoms in total. The Morgan fingerprint density at radius 2 is 2.20 bits per heavy atom. The van der Waals surface area contributed by atoms with Crippen molar-refractivity contribution in [2.75, 3.05) is 0 Å². The van der Waals surface area contributed by atoms with Crippen LogP contribution in [0, 0.1) is 0 Å². The van der Waals surface area contributed by atoms with E-state index in [9.17, 15) is 13.6 Å². The number of thiazole rings is 1. The van der Waals surface area contributed by atoms with E-state index < -0.39 is 6.43 Å². The maximum Gasteiger partial charge on any atom is 0.263 e. The van der Waals surface area contributed by atoms with Gasteiger partial charge in [-0.2, -0.15) is 0 Å². The second kappa shape index (κ2) is 3.66. The minimum absolute atomic E-state index is 0.0668. The molecule has 0 amide bonds. The molecule has 0 bridgehead atoms. The minimum atomic E-state index is -2.50. The van der Waals surface area contributed by atoms with Gasteiger partial charge >= 0.3 is 0 Å². The number of nitrogens with zero attached hydrogens (tertiary/aromatic N) is 1. The minimum Gasteiger partial charge on any atom is -0.292 e. The zero-order chi connectivity index (χ0) is 11.0. The molecule has 0 aliphatic carbocycles. The van der Waals surface area contributed by atoms with Crippen LogP contribution in [0.5, 0.6) is 0 Å². The fourth-order valence-corrected chi connectivity index (χ4v) is 2.07. The zero-order valence-corrected chi connectivity index (χ0v) is 8.65. The first-order valence-corrected chi connectivity index (χ1v) is 5.09. The molecule has 0 unspecified atom stereocenters. The Labute approximate surface area is 88.6 Å². The quantitative estimate of drug-likeness (QED) is 0.735. The van der Waals surface area contributed by atoms with Crippen molar-refractivity contribution in [2.45, 2.75) is 13.3 Å². The van der Waals surface area contributed by atoms with Crippen molar-refractivity contribution in [2.24, 2.45) is 0 Å². The van der Waals surface area contributed by atoms with Crippen molar-refractivity contribution in [3.63, 3.8) is 0 Å². The third-order valence-electron chi connectivity index (χ3n) is 1.96. The molecule has 15 heavy (non-hydrogen) atoms. The van der Waals surface area contributed by atoms with Crippen LogP contribution in [0.2, 0.25) is 0 Å². The summed E-state index contributed by atoms with van der Waals surface area (Å²) in [5, 5.41) is 0.358. The largest absolute Gasteiger partial charge is 0.292 e. The van der Waals surface area contributed by atoms with Crippen LogP contribution in [-0.2, 0) is 0 Å². The van der Waals surface area contributed by atoms with Crippen LogP contribution in [-0.4, -0.2) is 10.8 Å². The molecule has 2 aromatic rings. The van der Waals surface area contributed by atoms with Crippen LogP contribution in [0.25, 0.3) is 10.2 Å². The maximum absolute atomic E-state index is 12.4. The Kier molecular flexibility index (Phi) is 2.48. The molecule has 78 valence electrons. The molecule has 0 saturated carbocycles. The molecular weight excluding hydrogens is 220 g/mol. The summed E-state index contributed by atoms with van der Waals surface area (Å²) in [5.41, 5.74) is 0.394. The highest BCUT2D eigenvalue weighted by atomic mass is 32.1. The van der Waals surface area contributed by atoms with E-state index in [2.05, 4.69) is 4.98 Å². The topological polar surface area (TPSA) is 30.0 Å². The molecule has 2 rings (SSSR count). The SMILES string of the molecule is CC(=O)c1nc2cc(C(F)F)ccc2s1. The van der Waals surface area contributed by atoms with Crippen LogP contribution in [0.3, 0.4) is 0 Å². The number of Topliss-reactive ketones (excluding diaryl/α,β-unsaturated/α-hetero) is 1. The highest BCUT2D eigenvalue weighted by molar-refractivity contribution is 7.20. The van der Waals surface area contributed by atoms with E-state index >= 15 is 0 Å². The van der Waals surface area contributed by atoms with E-state index in [-0.39, 0.29) is 11.3 Å². The number of ketones is 1. The van der Waals surface area contributed by atoms with Crippen LogP contribution in [0.15, 0.2) is 18.2 Å². The number of rotatable bonds is 2. The smallest absolute Gasteiger partial charge is 0.263 e. The second-order valence-corrected chi connectivity index (χ2v) is 4.13. The van der Waals surface area contributed by atoms with E-state index in [1.165, 1.54) is 30.4 Å². The monoisotopic (exact) mass is 227 g/mol. The number of aromatic nitrogens is 1. The Bertz CT molecular complexity index is 521. The summed E-state index contributed by atoms with van der Waals surface area (Å²) in [7, 11) is 0. The van der Waals surface area contributed by atoms with Gasteiger partial charge in [-0.15, -0.1) is 11.3 Å². The lowest BCUT2D eigenvalue weighted by Crippen LogP contribution is -1.88. The number of halogens is 2. The molecule has 1 aromatic heterocycles. The van der Waals surface area contributed by atoms with E-state index in [1.807, 2.05) is 0 Å². The van der Waals surface area contributed by atoms with E-state index in [1.54, 1.807) is 6.07 Å². The summed E-state index contributed by atoms with van der Waals surface area (Å²) in [4.78, 5) is 15.0. The maximum atomic E-state index is 12.4. The van der Waals surface area contributed by atoms with Gasteiger partial charge in [-0.05, 0) is 12.1 Å². The van der Waals surface area contributed by atoms with Gasteiger partial charge < -0.3 is 0 Å². The second-order valence-electron chi connectivity index (χ2n) is 3.10. The van der Waals surface area contributed by atoms with Crippen molar-refractivity contribution >= 4 is 27.3 Å². The summed E-state index contributed by atoms with van der Waals surface area (Å²) < 4.78 is 25.5. The summed E-state index contributed by atoms with van der Waals surface area (Å²) in [5.74, 6) is -0.144. The lowest BCUT2D eigenvalue weighted by Gasteiger charge is -1.96. The lowest BCUT2D eigenvalue weighted by molar-refractivity contribution is 0.101. The molecule has 5 heteroatoms. The fourth-order valence-electron chi connectivity index (χ4n) is 1.23. The number of benzene rings is 1. The molecule has 1 heterocycles. The number of fused-ring (bicyclic) bond motifs is 1. The molecule has 0 aliphatic rings. The molecule has 0 saturated heterocycles. The first-order chi connectivity index (χ1) is 7.08. The molecule has 0 aliphatic heterocycles. The van der Waals surface area contributed by atoms with Crippen LogP contribution < -0.4 is 0 Å². The van der Waals surface area contributed by atoms with Gasteiger partial charge in [0.15, 0.2) is 10.8 Å². The Morgan fingerprint density at radius 1 is 1.47 bits per heavy atom. The first-order valence-electron chi connectivity index (χ1n) is 4.27. The number of hydrogen-bond acceptors (Lipinski definition) is 3. The summed E-state index contributed by atoms with van der Waals surface area (Å²) in [6.45, 7) is 1.41. The van der Waals surface area contributed by atoms with Gasteiger partial charge in [-0.25, -0.2) is 13.8 Å². The average Bonchev–Trinajstić information content (AvgIpc) is 2.59. The molecule has 1 aromatic carbocycles. The third-order valence-corrected chi connectivity index (χ3v) is 3.10. The number of hydrogen-bond donors (Lipinski definition) is 0. The van der Waals surface area contributed by atoms with Gasteiger partial charge in [0, 0.05) is 12.5 Å². The normalized spacial score (nSPS) is 11.2. The standard InChI is InChI=1S/C10H7F2NOS/c1-5(14)10-13-7-4-6(9(11)12)2-3-8(7)15-10/h2-4,9H,1H3. The Morgan fingerprint density at radius 3 is 2.80 bits per heavy atom. The van der Waals surface area contributed by atoms with E-state index in [0.717, 1.165) is 4.70 Å². The van der Waals surface area contributed by atoms with Gasteiger partial charge in [0.2, 0.25) is 0 Å². The molecule has 0 spiro atoms. The van der Waals surface area contributed by atoms with Crippen molar-refractivity contribution in [3.8, 4) is 0 Å². The fraction of sp³-hybridized carbons (Fsp3) is 0.200. The molecule has 0 fully saturated rings. The first kappa shape index (κ1) is 10.2. The molecular formula is C10H7F2NOS. The van der Waals surface area contributed by atoms with Gasteiger partial charge in [-0.1, -0.05) is 6.07 Å². The van der Waals surface area contributed by atoms with Crippen LogP contribution in [0.1, 0.15) is 28.7 Å². The highest BCUT2D eigenvalue weighted by Crippen LogP contribution is 2.27. The van der Waals surface area contributed by atoms with E-state index in [0.29, 0.717) is 10.5 Å². The van der Waals surface area contributed by atoms with Gasteiger partial charge in [0.25, 0.3) is 6.43 Å². The summed E-state index contributed by atoms with van der Waals surface area (Å²) in [6.07, 6.45) is -2.50. The molecule has 0 N–H and O–H groups in total. The van der Waals surface area contributed by atoms with Crippen LogP contribution >= 0.6 is 11.3 Å². The summed E-state index contributed by atoms with van der Waals surface area (Å²) in [6, 6.07) is 4.25. The lowest BCUT2D eigenvalue weighted by atomic mass is 10.2. The summed E-state index contributed by atoms with van der Waals surface area (Å²) >= 11 is 1.22. The number of carbonyl (C=O) groups is 1. The Hall–Kier alpha value is -1.36.